The monoisotopic (exact) mass is 350 g/mol. The molecule has 122 valence electrons. The molecule has 0 aliphatic heterocycles. The number of aromatic amines is 1. The van der Waals surface area contributed by atoms with Gasteiger partial charge in [-0.1, -0.05) is 30.3 Å². The molecule has 0 bridgehead atoms. The van der Waals surface area contributed by atoms with E-state index in [4.69, 9.17) is 5.73 Å². The van der Waals surface area contributed by atoms with Crippen molar-refractivity contribution in [1.29, 1.82) is 0 Å². The minimum atomic E-state index is -0.0672. The maximum atomic E-state index is 12.0. The molecule has 0 aliphatic rings. The number of hydrogen-bond acceptors (Lipinski definition) is 5. The highest BCUT2D eigenvalue weighted by Crippen LogP contribution is 2.14. The molecule has 0 fully saturated rings. The molecule has 3 N–H and O–H groups in total. The molecule has 0 unspecified atom stereocenters. The van der Waals surface area contributed by atoms with E-state index in [1.165, 1.54) is 16.9 Å². The van der Waals surface area contributed by atoms with E-state index in [1.807, 2.05) is 29.6 Å². The van der Waals surface area contributed by atoms with E-state index >= 15 is 0 Å². The lowest BCUT2D eigenvalue weighted by Gasteiger charge is -2.21. The predicted octanol–water partition coefficient (Wildman–Crippen LogP) is 2.37. The van der Waals surface area contributed by atoms with Crippen LogP contribution in [0.25, 0.3) is 10.2 Å². The van der Waals surface area contributed by atoms with Crippen molar-refractivity contribution in [3.05, 3.63) is 63.5 Å². The van der Waals surface area contributed by atoms with E-state index in [9.17, 15) is 4.79 Å². The van der Waals surface area contributed by atoms with Crippen LogP contribution in [-0.4, -0.2) is 28.0 Å². The molecule has 3 aromatic rings. The van der Waals surface area contributed by atoms with Crippen LogP contribution < -0.4 is 11.3 Å². The molecule has 7 heteroatoms. The fraction of sp³-hybridized carbons (Fsp3) is 0.250. The van der Waals surface area contributed by atoms with Crippen LogP contribution in [0.3, 0.4) is 0 Å². The summed E-state index contributed by atoms with van der Waals surface area (Å²) in [6.45, 7) is 2.68. The SMILES string of the molecule is Cl.NCCN(Cc1ccccc1)Cc1nc2ccsc2c(=O)[nH]1. The van der Waals surface area contributed by atoms with Gasteiger partial charge in [-0.15, -0.1) is 23.7 Å². The van der Waals surface area contributed by atoms with Crippen molar-refractivity contribution >= 4 is 34.0 Å². The summed E-state index contributed by atoms with van der Waals surface area (Å²) in [5.74, 6) is 0.681. The minimum absolute atomic E-state index is 0. The van der Waals surface area contributed by atoms with Crippen molar-refractivity contribution in [2.24, 2.45) is 5.73 Å². The summed E-state index contributed by atoms with van der Waals surface area (Å²) < 4.78 is 0.678. The van der Waals surface area contributed by atoms with Gasteiger partial charge in [-0.05, 0) is 17.0 Å². The number of benzene rings is 1. The van der Waals surface area contributed by atoms with Crippen molar-refractivity contribution < 1.29 is 0 Å². The second-order valence-electron chi connectivity index (χ2n) is 5.13. The summed E-state index contributed by atoms with van der Waals surface area (Å²) in [5.41, 5.74) is 7.62. The first kappa shape index (κ1) is 17.6. The van der Waals surface area contributed by atoms with Gasteiger partial charge >= 0.3 is 0 Å². The topological polar surface area (TPSA) is 75.0 Å². The second kappa shape index (κ2) is 8.21. The Bertz CT molecular complexity index is 802. The van der Waals surface area contributed by atoms with Gasteiger partial charge in [-0.2, -0.15) is 0 Å². The molecule has 2 heterocycles. The Hall–Kier alpha value is -1.73. The van der Waals surface area contributed by atoms with E-state index < -0.39 is 0 Å². The summed E-state index contributed by atoms with van der Waals surface area (Å²) in [7, 11) is 0. The third-order valence-corrected chi connectivity index (χ3v) is 4.33. The van der Waals surface area contributed by atoms with Crippen LogP contribution >= 0.6 is 23.7 Å². The average molecular weight is 351 g/mol. The van der Waals surface area contributed by atoms with Crippen LogP contribution in [0.4, 0.5) is 0 Å². The van der Waals surface area contributed by atoms with Crippen LogP contribution in [-0.2, 0) is 13.1 Å². The van der Waals surface area contributed by atoms with Crippen molar-refractivity contribution in [3.8, 4) is 0 Å². The van der Waals surface area contributed by atoms with Crippen LogP contribution in [0.1, 0.15) is 11.4 Å². The fourth-order valence-electron chi connectivity index (χ4n) is 2.45. The quantitative estimate of drug-likeness (QED) is 0.715. The van der Waals surface area contributed by atoms with Crippen LogP contribution in [0.5, 0.6) is 0 Å². The third-order valence-electron chi connectivity index (χ3n) is 3.43. The summed E-state index contributed by atoms with van der Waals surface area (Å²) in [4.78, 5) is 21.6. The lowest BCUT2D eigenvalue weighted by atomic mass is 10.2. The van der Waals surface area contributed by atoms with Crippen molar-refractivity contribution in [3.63, 3.8) is 0 Å². The van der Waals surface area contributed by atoms with Crippen LogP contribution in [0.15, 0.2) is 46.6 Å². The molecule has 1 aromatic carbocycles. The summed E-state index contributed by atoms with van der Waals surface area (Å²) in [6, 6.07) is 12.1. The highest BCUT2D eigenvalue weighted by Gasteiger charge is 2.10. The fourth-order valence-corrected chi connectivity index (χ4v) is 3.17. The molecule has 2 aromatic heterocycles. The van der Waals surface area contributed by atoms with Crippen molar-refractivity contribution in [2.45, 2.75) is 13.1 Å². The predicted molar refractivity (Wildman–Crippen MR) is 97.1 cm³/mol. The molecular weight excluding hydrogens is 332 g/mol. The minimum Gasteiger partial charge on any atom is -0.329 e. The number of fused-ring (bicyclic) bond motifs is 1. The van der Waals surface area contributed by atoms with Gasteiger partial charge in [0.05, 0.1) is 12.1 Å². The standard InChI is InChI=1S/C16H18N4OS.ClH/c17-7-8-20(10-12-4-2-1-3-5-12)11-14-18-13-6-9-22-15(13)16(21)19-14;/h1-6,9H,7-8,10-11,17H2,(H,18,19,21);1H. The summed E-state index contributed by atoms with van der Waals surface area (Å²) in [6.07, 6.45) is 0. The molecule has 0 saturated carbocycles. The number of nitrogens with zero attached hydrogens (tertiary/aromatic N) is 2. The molecule has 0 radical (unpaired) electrons. The number of rotatable bonds is 6. The first-order valence-electron chi connectivity index (χ1n) is 7.19. The van der Waals surface area contributed by atoms with Crippen molar-refractivity contribution in [2.75, 3.05) is 13.1 Å². The Kier molecular flexibility index (Phi) is 6.29. The van der Waals surface area contributed by atoms with Gasteiger partial charge in [0, 0.05) is 19.6 Å². The number of H-pyrrole nitrogens is 1. The Labute approximate surface area is 144 Å². The Balaban J connectivity index is 0.00000192. The zero-order chi connectivity index (χ0) is 15.4. The van der Waals surface area contributed by atoms with Gasteiger partial charge in [-0.25, -0.2) is 4.98 Å². The second-order valence-corrected chi connectivity index (χ2v) is 6.05. The van der Waals surface area contributed by atoms with E-state index in [1.54, 1.807) is 0 Å². The maximum absolute atomic E-state index is 12.0. The molecule has 0 aliphatic carbocycles. The normalized spacial score (nSPS) is 10.9. The van der Waals surface area contributed by atoms with Crippen LogP contribution in [0, 0.1) is 0 Å². The molecule has 0 saturated heterocycles. The molecule has 0 amide bonds. The Morgan fingerprint density at radius 3 is 2.70 bits per heavy atom. The molecule has 0 spiro atoms. The van der Waals surface area contributed by atoms with Crippen molar-refractivity contribution in [1.82, 2.24) is 14.9 Å². The van der Waals surface area contributed by atoms with Gasteiger partial charge in [0.25, 0.3) is 5.56 Å². The van der Waals surface area contributed by atoms with Gasteiger partial charge < -0.3 is 10.7 Å². The maximum Gasteiger partial charge on any atom is 0.268 e. The van der Waals surface area contributed by atoms with E-state index in [0.717, 1.165) is 18.6 Å². The summed E-state index contributed by atoms with van der Waals surface area (Å²) in [5, 5.41) is 1.89. The van der Waals surface area contributed by atoms with E-state index in [-0.39, 0.29) is 18.0 Å². The molecular formula is C16H19ClN4OS. The highest BCUT2D eigenvalue weighted by atomic mass is 35.5. The first-order chi connectivity index (χ1) is 10.8. The largest absolute Gasteiger partial charge is 0.329 e. The number of aromatic nitrogens is 2. The number of nitrogens with two attached hydrogens (primary N) is 1. The number of halogens is 1. The Morgan fingerprint density at radius 2 is 1.96 bits per heavy atom. The number of thiophene rings is 1. The van der Waals surface area contributed by atoms with Gasteiger partial charge in [0.1, 0.15) is 10.5 Å². The number of nitrogens with one attached hydrogen (secondary N) is 1. The third kappa shape index (κ3) is 4.39. The molecule has 0 atom stereocenters. The zero-order valence-corrected chi connectivity index (χ0v) is 14.2. The molecule has 5 nitrogen and oxygen atoms in total. The van der Waals surface area contributed by atoms with Gasteiger partial charge in [0.15, 0.2) is 0 Å². The zero-order valence-electron chi connectivity index (χ0n) is 12.6. The van der Waals surface area contributed by atoms with Gasteiger partial charge in [-0.3, -0.25) is 9.69 Å². The van der Waals surface area contributed by atoms with E-state index in [2.05, 4.69) is 27.0 Å². The molecule has 3 rings (SSSR count). The van der Waals surface area contributed by atoms with Gasteiger partial charge in [0.2, 0.25) is 0 Å². The Morgan fingerprint density at radius 1 is 1.17 bits per heavy atom. The first-order valence-corrected chi connectivity index (χ1v) is 8.07. The van der Waals surface area contributed by atoms with Crippen LogP contribution in [0.2, 0.25) is 0 Å². The lowest BCUT2D eigenvalue weighted by Crippen LogP contribution is -2.30. The van der Waals surface area contributed by atoms with E-state index in [0.29, 0.717) is 23.6 Å². The highest BCUT2D eigenvalue weighted by molar-refractivity contribution is 7.17. The summed E-state index contributed by atoms with van der Waals surface area (Å²) >= 11 is 1.41. The lowest BCUT2D eigenvalue weighted by molar-refractivity contribution is 0.258. The molecule has 23 heavy (non-hydrogen) atoms. The average Bonchev–Trinajstić information content (AvgIpc) is 2.97. The smallest absolute Gasteiger partial charge is 0.268 e. The number of hydrogen-bond donors (Lipinski definition) is 2.